The molecule has 6 nitrogen and oxygen atoms in total. The fourth-order valence-corrected chi connectivity index (χ4v) is 2.73. The summed E-state index contributed by atoms with van der Waals surface area (Å²) in [7, 11) is -4.36. The standard InChI is InChI=1S/C15H12F4N2O4S/c16-12-6-1-2-7-13(12)26(23,24)21-20-14(22)9-25-11-5-3-4-10(8-11)15(17,18)19/h1-8,21H,9H2,(H,20,22). The number of halogens is 4. The van der Waals surface area contributed by atoms with Gasteiger partial charge >= 0.3 is 6.18 Å². The normalized spacial score (nSPS) is 11.8. The van der Waals surface area contributed by atoms with Gasteiger partial charge in [-0.2, -0.15) is 13.2 Å². The zero-order chi connectivity index (χ0) is 19.4. The molecule has 0 atom stereocenters. The quantitative estimate of drug-likeness (QED) is 0.583. The van der Waals surface area contributed by atoms with Gasteiger partial charge in [-0.05, 0) is 30.3 Å². The third-order valence-electron chi connectivity index (χ3n) is 2.98. The minimum absolute atomic E-state index is 0.230. The Morgan fingerprint density at radius 2 is 1.77 bits per heavy atom. The number of hydrogen-bond donors (Lipinski definition) is 2. The maximum atomic E-state index is 13.5. The van der Waals surface area contributed by atoms with Gasteiger partial charge in [0, 0.05) is 0 Å². The Hall–Kier alpha value is -2.66. The van der Waals surface area contributed by atoms with Crippen molar-refractivity contribution in [3.63, 3.8) is 0 Å². The smallest absolute Gasteiger partial charge is 0.416 e. The van der Waals surface area contributed by atoms with E-state index in [2.05, 4.69) is 0 Å². The van der Waals surface area contributed by atoms with Crippen molar-refractivity contribution >= 4 is 15.9 Å². The fourth-order valence-electron chi connectivity index (χ4n) is 1.79. The SMILES string of the molecule is O=C(COc1cccc(C(F)(F)F)c1)NNS(=O)(=O)c1ccccc1F. The lowest BCUT2D eigenvalue weighted by Gasteiger charge is -2.11. The van der Waals surface area contributed by atoms with Crippen LogP contribution in [0.3, 0.4) is 0 Å². The lowest BCUT2D eigenvalue weighted by atomic mass is 10.2. The minimum Gasteiger partial charge on any atom is -0.484 e. The molecule has 0 saturated carbocycles. The van der Waals surface area contributed by atoms with Crippen molar-refractivity contribution in [2.24, 2.45) is 0 Å². The summed E-state index contributed by atoms with van der Waals surface area (Å²) < 4.78 is 79.8. The summed E-state index contributed by atoms with van der Waals surface area (Å²) in [5.74, 6) is -2.25. The predicted molar refractivity (Wildman–Crippen MR) is 81.8 cm³/mol. The van der Waals surface area contributed by atoms with Crippen LogP contribution in [0.1, 0.15) is 5.56 Å². The Morgan fingerprint density at radius 3 is 2.42 bits per heavy atom. The second-order valence-corrected chi connectivity index (χ2v) is 6.55. The molecular formula is C15H12F4N2O4S. The monoisotopic (exact) mass is 392 g/mol. The van der Waals surface area contributed by atoms with Crippen LogP contribution in [0.15, 0.2) is 53.4 Å². The van der Waals surface area contributed by atoms with Crippen LogP contribution in [-0.2, 0) is 21.0 Å². The molecule has 0 saturated heterocycles. The van der Waals surface area contributed by atoms with Gasteiger partial charge < -0.3 is 4.74 Å². The van der Waals surface area contributed by atoms with Gasteiger partial charge in [-0.3, -0.25) is 10.2 Å². The third kappa shape index (κ3) is 5.17. The fraction of sp³-hybridized carbons (Fsp3) is 0.133. The summed E-state index contributed by atoms with van der Waals surface area (Å²) in [4.78, 5) is 12.6. The van der Waals surface area contributed by atoms with E-state index in [0.29, 0.717) is 6.07 Å². The topological polar surface area (TPSA) is 84.5 Å². The van der Waals surface area contributed by atoms with Crippen LogP contribution in [-0.4, -0.2) is 20.9 Å². The van der Waals surface area contributed by atoms with Gasteiger partial charge in [0.05, 0.1) is 5.56 Å². The molecule has 0 bridgehead atoms. The summed E-state index contributed by atoms with van der Waals surface area (Å²) in [6, 6.07) is 8.30. The number of rotatable bonds is 6. The first-order valence-electron chi connectivity index (χ1n) is 6.95. The highest BCUT2D eigenvalue weighted by atomic mass is 32.2. The maximum Gasteiger partial charge on any atom is 0.416 e. The Bertz CT molecular complexity index is 901. The van der Waals surface area contributed by atoms with E-state index in [9.17, 15) is 30.8 Å². The van der Waals surface area contributed by atoms with Gasteiger partial charge in [-0.15, -0.1) is 4.83 Å². The second kappa shape index (κ2) is 7.70. The first-order chi connectivity index (χ1) is 12.1. The van der Waals surface area contributed by atoms with E-state index >= 15 is 0 Å². The molecule has 0 aromatic heterocycles. The number of hydrazine groups is 1. The molecule has 2 N–H and O–H groups in total. The minimum atomic E-state index is -4.57. The molecule has 140 valence electrons. The van der Waals surface area contributed by atoms with Gasteiger partial charge in [0.15, 0.2) is 6.61 Å². The van der Waals surface area contributed by atoms with E-state index in [1.807, 2.05) is 0 Å². The van der Waals surface area contributed by atoms with Crippen molar-refractivity contribution in [1.82, 2.24) is 10.3 Å². The summed E-state index contributed by atoms with van der Waals surface area (Å²) >= 11 is 0. The number of amides is 1. The highest BCUT2D eigenvalue weighted by molar-refractivity contribution is 7.89. The molecular weight excluding hydrogens is 380 g/mol. The molecule has 26 heavy (non-hydrogen) atoms. The summed E-state index contributed by atoms with van der Waals surface area (Å²) in [5.41, 5.74) is 0.811. The number of carbonyl (C=O) groups is 1. The Morgan fingerprint density at radius 1 is 1.08 bits per heavy atom. The van der Waals surface area contributed by atoms with Crippen molar-refractivity contribution < 1.29 is 35.5 Å². The number of hydrogen-bond acceptors (Lipinski definition) is 4. The number of benzene rings is 2. The number of sulfonamides is 1. The van der Waals surface area contributed by atoms with Gasteiger partial charge in [0.25, 0.3) is 15.9 Å². The lowest BCUT2D eigenvalue weighted by Crippen LogP contribution is -2.43. The number of ether oxygens (including phenoxy) is 1. The van der Waals surface area contributed by atoms with Crippen molar-refractivity contribution in [3.8, 4) is 5.75 Å². The molecule has 0 fully saturated rings. The number of nitrogens with one attached hydrogen (secondary N) is 2. The highest BCUT2D eigenvalue weighted by Crippen LogP contribution is 2.31. The number of alkyl halides is 3. The third-order valence-corrected chi connectivity index (χ3v) is 4.26. The molecule has 0 aliphatic rings. The molecule has 0 unspecified atom stereocenters. The molecule has 2 aromatic carbocycles. The van der Waals surface area contributed by atoms with Gasteiger partial charge in [0.2, 0.25) is 0 Å². The lowest BCUT2D eigenvalue weighted by molar-refractivity contribution is -0.137. The van der Waals surface area contributed by atoms with Crippen LogP contribution < -0.4 is 15.0 Å². The molecule has 0 radical (unpaired) electrons. The maximum absolute atomic E-state index is 13.5. The largest absolute Gasteiger partial charge is 0.484 e. The first-order valence-corrected chi connectivity index (χ1v) is 8.43. The van der Waals surface area contributed by atoms with Gasteiger partial charge in [0.1, 0.15) is 16.5 Å². The van der Waals surface area contributed by atoms with Crippen molar-refractivity contribution in [2.75, 3.05) is 6.61 Å². The van der Waals surface area contributed by atoms with Crippen LogP contribution in [0.2, 0.25) is 0 Å². The van der Waals surface area contributed by atoms with Crippen LogP contribution in [0.4, 0.5) is 17.6 Å². The van der Waals surface area contributed by atoms with Crippen molar-refractivity contribution in [1.29, 1.82) is 0 Å². The van der Waals surface area contributed by atoms with E-state index in [0.717, 1.165) is 24.3 Å². The summed E-state index contributed by atoms with van der Waals surface area (Å²) in [6.07, 6.45) is -4.57. The summed E-state index contributed by atoms with van der Waals surface area (Å²) in [6.45, 7) is -0.763. The van der Waals surface area contributed by atoms with Crippen LogP contribution >= 0.6 is 0 Å². The van der Waals surface area contributed by atoms with Crippen LogP contribution in [0, 0.1) is 5.82 Å². The molecule has 0 aliphatic carbocycles. The Kier molecular flexibility index (Phi) is 5.83. The second-order valence-electron chi connectivity index (χ2n) is 4.90. The van der Waals surface area contributed by atoms with Crippen LogP contribution in [0.5, 0.6) is 5.75 Å². The summed E-state index contributed by atoms with van der Waals surface area (Å²) in [5, 5.41) is 0. The average Bonchev–Trinajstić information content (AvgIpc) is 2.58. The van der Waals surface area contributed by atoms with E-state index in [-0.39, 0.29) is 5.75 Å². The van der Waals surface area contributed by atoms with E-state index in [4.69, 9.17) is 4.74 Å². The molecule has 11 heteroatoms. The van der Waals surface area contributed by atoms with Crippen LogP contribution in [0.25, 0.3) is 0 Å². The van der Waals surface area contributed by atoms with Gasteiger partial charge in [-0.25, -0.2) is 12.8 Å². The zero-order valence-corrected chi connectivity index (χ0v) is 13.7. The molecule has 2 aromatic rings. The van der Waals surface area contributed by atoms with E-state index in [1.54, 1.807) is 10.3 Å². The molecule has 0 spiro atoms. The first kappa shape index (κ1) is 19.7. The van der Waals surface area contributed by atoms with E-state index in [1.165, 1.54) is 18.2 Å². The van der Waals surface area contributed by atoms with Crippen molar-refractivity contribution in [2.45, 2.75) is 11.1 Å². The van der Waals surface area contributed by atoms with Crippen molar-refractivity contribution in [3.05, 3.63) is 59.9 Å². The molecule has 2 rings (SSSR count). The molecule has 0 aliphatic heterocycles. The van der Waals surface area contributed by atoms with E-state index < -0.39 is 45.0 Å². The average molecular weight is 392 g/mol. The highest BCUT2D eigenvalue weighted by Gasteiger charge is 2.30. The van der Waals surface area contributed by atoms with Gasteiger partial charge in [-0.1, -0.05) is 18.2 Å². The predicted octanol–water partition coefficient (Wildman–Crippen LogP) is 2.23. The Balaban J connectivity index is 1.93. The molecule has 0 heterocycles. The number of carbonyl (C=O) groups excluding carboxylic acids is 1. The Labute approximate surface area is 145 Å². The zero-order valence-electron chi connectivity index (χ0n) is 12.9. The molecule has 1 amide bonds.